The molecular weight excluding hydrogens is 505 g/mol. The molecule has 0 heterocycles. The van der Waals surface area contributed by atoms with Gasteiger partial charge in [0.1, 0.15) is 19.3 Å². The summed E-state index contributed by atoms with van der Waals surface area (Å²) < 4.78 is 33.7. The first-order valence-electron chi connectivity index (χ1n) is 14.2. The molecule has 2 atom stereocenters. The highest BCUT2D eigenvalue weighted by atomic mass is 31.2. The Morgan fingerprint density at radius 2 is 1.50 bits per heavy atom. The van der Waals surface area contributed by atoms with Crippen LogP contribution in [0.25, 0.3) is 0 Å². The summed E-state index contributed by atoms with van der Waals surface area (Å²) in [5, 5.41) is 0. The number of hydrogen-bond acceptors (Lipinski definition) is 7. The van der Waals surface area contributed by atoms with E-state index in [1.165, 1.54) is 0 Å². The van der Waals surface area contributed by atoms with Gasteiger partial charge in [-0.1, -0.05) is 69.6 Å². The van der Waals surface area contributed by atoms with E-state index in [0.717, 1.165) is 57.8 Å². The summed E-state index contributed by atoms with van der Waals surface area (Å²) in [7, 11) is 1.32. The van der Waals surface area contributed by atoms with Crippen molar-refractivity contribution in [1.29, 1.82) is 0 Å². The van der Waals surface area contributed by atoms with Crippen LogP contribution in [0.3, 0.4) is 0 Å². The molecule has 2 unspecified atom stereocenters. The van der Waals surface area contributed by atoms with E-state index in [1.807, 2.05) is 28.1 Å². The van der Waals surface area contributed by atoms with Crippen LogP contribution >= 0.6 is 7.82 Å². The average Bonchev–Trinajstić information content (AvgIpc) is 2.84. The van der Waals surface area contributed by atoms with Crippen molar-refractivity contribution in [2.45, 2.75) is 90.6 Å². The highest BCUT2D eigenvalue weighted by Crippen LogP contribution is 2.38. The van der Waals surface area contributed by atoms with Gasteiger partial charge in [0.2, 0.25) is 0 Å². The molecule has 0 amide bonds. The molecule has 38 heavy (non-hydrogen) atoms. The molecule has 0 saturated heterocycles. The minimum atomic E-state index is -4.49. The van der Waals surface area contributed by atoms with Gasteiger partial charge in [-0.2, -0.15) is 0 Å². The lowest BCUT2D eigenvalue weighted by Crippen LogP contribution is -2.37. The fraction of sp³-hybridized carbons (Fsp3) is 0.759. The molecule has 0 aliphatic heterocycles. The Morgan fingerprint density at radius 1 is 0.842 bits per heavy atom. The molecule has 0 aliphatic carbocycles. The van der Waals surface area contributed by atoms with E-state index in [4.69, 9.17) is 18.5 Å². The summed E-state index contributed by atoms with van der Waals surface area (Å²) >= 11 is 0. The molecular formula is C29H54NO7P. The summed E-state index contributed by atoms with van der Waals surface area (Å²) in [6.07, 6.45) is 22.6. The number of hydrogen-bond donors (Lipinski definition) is 0. The molecule has 0 N–H and O–H groups in total. The molecule has 9 heteroatoms. The number of phosphoric ester groups is 1. The summed E-state index contributed by atoms with van der Waals surface area (Å²) in [4.78, 5) is 24.2. The monoisotopic (exact) mass is 559 g/mol. The maximum atomic E-state index is 12.1. The summed E-state index contributed by atoms with van der Waals surface area (Å²) in [6, 6.07) is 0. The zero-order valence-electron chi connectivity index (χ0n) is 24.6. The molecule has 0 fully saturated rings. The molecule has 0 spiro atoms. The Kier molecular flexibility index (Phi) is 22.8. The molecule has 0 aliphatic rings. The molecule has 8 nitrogen and oxygen atoms in total. The number of likely N-dealkylation sites (N-methyl/N-ethyl adjacent to an activating group) is 1. The second-order valence-corrected chi connectivity index (χ2v) is 11.8. The number of unbranched alkanes of at least 4 members (excludes halogenated alkanes) is 5. The highest BCUT2D eigenvalue weighted by molar-refractivity contribution is 7.45. The third kappa shape index (κ3) is 26.3. The SMILES string of the molecule is CC/C=C\C/C=C\C/C=C\CCCCCCOCC(COP(=O)([O-])OCC[N+](C)(C)C)OC(=O)CCCC. The lowest BCUT2D eigenvalue weighted by molar-refractivity contribution is -0.870. The van der Waals surface area contributed by atoms with Gasteiger partial charge in [0.05, 0.1) is 34.4 Å². The molecule has 0 saturated carbocycles. The number of phosphoric acid groups is 1. The maximum absolute atomic E-state index is 12.1. The van der Waals surface area contributed by atoms with Crippen LogP contribution in [0.1, 0.15) is 84.5 Å². The van der Waals surface area contributed by atoms with Gasteiger partial charge in [-0.3, -0.25) is 9.36 Å². The number of allylic oxidation sites excluding steroid dienone is 6. The van der Waals surface area contributed by atoms with Crippen molar-refractivity contribution < 1.29 is 37.3 Å². The summed E-state index contributed by atoms with van der Waals surface area (Å²) in [5.74, 6) is -0.382. The van der Waals surface area contributed by atoms with E-state index in [0.29, 0.717) is 24.1 Å². The molecule has 0 rings (SSSR count). The number of carbonyl (C=O) groups excluding carboxylic acids is 1. The first-order valence-corrected chi connectivity index (χ1v) is 15.7. The van der Waals surface area contributed by atoms with Crippen molar-refractivity contribution >= 4 is 13.8 Å². The van der Waals surface area contributed by atoms with Crippen LogP contribution in [-0.4, -0.2) is 70.7 Å². The average molecular weight is 560 g/mol. The van der Waals surface area contributed by atoms with Crippen LogP contribution in [-0.2, 0) is 27.9 Å². The van der Waals surface area contributed by atoms with E-state index in [9.17, 15) is 14.3 Å². The number of quaternary nitrogens is 1. The fourth-order valence-corrected chi connectivity index (χ4v) is 3.91. The van der Waals surface area contributed by atoms with E-state index in [2.05, 4.69) is 43.4 Å². The topological polar surface area (TPSA) is 94.1 Å². The van der Waals surface area contributed by atoms with Crippen molar-refractivity contribution in [1.82, 2.24) is 0 Å². The number of nitrogens with zero attached hydrogens (tertiary/aromatic N) is 1. The van der Waals surface area contributed by atoms with Crippen molar-refractivity contribution in [3.05, 3.63) is 36.5 Å². The smallest absolute Gasteiger partial charge is 0.306 e. The minimum Gasteiger partial charge on any atom is -0.756 e. The fourth-order valence-electron chi connectivity index (χ4n) is 3.18. The zero-order valence-corrected chi connectivity index (χ0v) is 25.5. The Hall–Kier alpha value is -1.28. The van der Waals surface area contributed by atoms with Crippen LogP contribution in [0.2, 0.25) is 0 Å². The van der Waals surface area contributed by atoms with Gasteiger partial charge in [0, 0.05) is 13.0 Å². The highest BCUT2D eigenvalue weighted by Gasteiger charge is 2.20. The maximum Gasteiger partial charge on any atom is 0.306 e. The molecule has 222 valence electrons. The number of esters is 1. The number of rotatable bonds is 25. The van der Waals surface area contributed by atoms with Gasteiger partial charge in [-0.25, -0.2) is 0 Å². The second kappa shape index (κ2) is 23.6. The molecule has 0 aromatic rings. The van der Waals surface area contributed by atoms with Crippen molar-refractivity contribution in [2.75, 3.05) is 54.1 Å². The van der Waals surface area contributed by atoms with Crippen LogP contribution in [0.5, 0.6) is 0 Å². The summed E-state index contributed by atoms with van der Waals surface area (Å²) in [5.41, 5.74) is 0. The Morgan fingerprint density at radius 3 is 2.16 bits per heavy atom. The third-order valence-corrected chi connectivity index (χ3v) is 6.42. The van der Waals surface area contributed by atoms with E-state index in [1.54, 1.807) is 0 Å². The van der Waals surface area contributed by atoms with E-state index in [-0.39, 0.29) is 32.2 Å². The number of ether oxygens (including phenoxy) is 2. The van der Waals surface area contributed by atoms with E-state index < -0.39 is 13.9 Å². The van der Waals surface area contributed by atoms with Crippen LogP contribution < -0.4 is 4.89 Å². The standard InChI is InChI=1S/C29H54NO7P/c1-6-8-10-11-12-13-14-15-16-17-18-19-20-21-24-34-26-28(37-29(31)22-9-7-2)27-36-38(32,33)35-25-23-30(3,4)5/h8,10,12-13,15-16,28H,6-7,9,11,14,17-27H2,1-5H3/b10-8-,13-12-,16-15-. The second-order valence-electron chi connectivity index (χ2n) is 10.4. The van der Waals surface area contributed by atoms with Crippen LogP contribution in [0.15, 0.2) is 36.5 Å². The first-order chi connectivity index (χ1) is 18.1. The van der Waals surface area contributed by atoms with Gasteiger partial charge in [-0.05, 0) is 44.9 Å². The molecule has 0 bridgehead atoms. The zero-order chi connectivity index (χ0) is 28.5. The van der Waals surface area contributed by atoms with Crippen molar-refractivity contribution in [2.24, 2.45) is 0 Å². The Balaban J connectivity index is 4.18. The normalized spacial score (nSPS) is 15.0. The predicted octanol–water partition coefficient (Wildman–Crippen LogP) is 6.12. The lowest BCUT2D eigenvalue weighted by atomic mass is 10.1. The van der Waals surface area contributed by atoms with Crippen molar-refractivity contribution in [3.8, 4) is 0 Å². The third-order valence-electron chi connectivity index (χ3n) is 5.46. The minimum absolute atomic E-state index is 0.0194. The predicted molar refractivity (Wildman–Crippen MR) is 153 cm³/mol. The Labute approximate surface area is 232 Å². The van der Waals surface area contributed by atoms with Gasteiger partial charge in [-0.15, -0.1) is 0 Å². The van der Waals surface area contributed by atoms with Crippen molar-refractivity contribution in [3.63, 3.8) is 0 Å². The Bertz CT molecular complexity index is 716. The molecule has 0 aromatic heterocycles. The molecule has 0 radical (unpaired) electrons. The van der Waals surface area contributed by atoms with Gasteiger partial charge < -0.3 is 27.9 Å². The van der Waals surface area contributed by atoms with Crippen LogP contribution in [0, 0.1) is 0 Å². The largest absolute Gasteiger partial charge is 0.756 e. The van der Waals surface area contributed by atoms with Gasteiger partial charge in [0.15, 0.2) is 0 Å². The molecule has 0 aromatic carbocycles. The van der Waals surface area contributed by atoms with Gasteiger partial charge in [0.25, 0.3) is 7.82 Å². The summed E-state index contributed by atoms with van der Waals surface area (Å²) in [6.45, 7) is 4.94. The van der Waals surface area contributed by atoms with E-state index >= 15 is 0 Å². The lowest BCUT2D eigenvalue weighted by Gasteiger charge is -2.28. The van der Waals surface area contributed by atoms with Gasteiger partial charge >= 0.3 is 5.97 Å². The van der Waals surface area contributed by atoms with Crippen LogP contribution in [0.4, 0.5) is 0 Å². The first kappa shape index (κ1) is 36.7. The quantitative estimate of drug-likeness (QED) is 0.0437. The number of carbonyl (C=O) groups is 1.